The van der Waals surface area contributed by atoms with Gasteiger partial charge in [0.1, 0.15) is 6.04 Å². The van der Waals surface area contributed by atoms with E-state index in [1.165, 1.54) is 0 Å². The van der Waals surface area contributed by atoms with Gasteiger partial charge < -0.3 is 9.64 Å². The molecule has 154 valence electrons. The molecule has 1 aromatic carbocycles. The van der Waals surface area contributed by atoms with Crippen LogP contribution < -0.4 is 10.2 Å². The molecule has 1 N–H and O–H groups in total. The Morgan fingerprint density at radius 2 is 1.79 bits per heavy atom. The van der Waals surface area contributed by atoms with Crippen LogP contribution in [-0.2, 0) is 14.3 Å². The van der Waals surface area contributed by atoms with Gasteiger partial charge in [0.15, 0.2) is 0 Å². The van der Waals surface area contributed by atoms with Crippen molar-refractivity contribution in [3.05, 3.63) is 29.3 Å². The summed E-state index contributed by atoms with van der Waals surface area (Å²) in [6.07, 6.45) is 0.318. The molecule has 1 aromatic rings. The second-order valence-electron chi connectivity index (χ2n) is 8.85. The molecule has 2 atom stereocenters. The molecule has 8 heteroatoms. The number of anilines is 1. The molecule has 4 rings (SSSR count). The first kappa shape index (κ1) is 19.6. The van der Waals surface area contributed by atoms with Crippen molar-refractivity contribution in [2.75, 3.05) is 24.6 Å². The predicted octanol–water partition coefficient (Wildman–Crippen LogP) is 1.34. The average molecular weight is 399 g/mol. The molecular formula is C21H25N3O5. The average Bonchev–Trinajstić information content (AvgIpc) is 2.92. The van der Waals surface area contributed by atoms with Crippen LogP contribution in [0.15, 0.2) is 18.2 Å². The second kappa shape index (κ2) is 6.95. The first-order chi connectivity index (χ1) is 13.7. The van der Waals surface area contributed by atoms with Gasteiger partial charge in [-0.3, -0.25) is 29.4 Å². The van der Waals surface area contributed by atoms with Crippen LogP contribution in [0.5, 0.6) is 0 Å². The number of rotatable bonds is 2. The summed E-state index contributed by atoms with van der Waals surface area (Å²) in [5.41, 5.74) is 1.44. The lowest BCUT2D eigenvalue weighted by Crippen LogP contribution is -2.54. The van der Waals surface area contributed by atoms with Crippen molar-refractivity contribution < 1.29 is 23.9 Å². The van der Waals surface area contributed by atoms with Gasteiger partial charge in [-0.1, -0.05) is 20.8 Å². The van der Waals surface area contributed by atoms with Gasteiger partial charge in [0.25, 0.3) is 11.8 Å². The Labute approximate surface area is 169 Å². The van der Waals surface area contributed by atoms with E-state index in [0.717, 1.165) is 10.6 Å². The molecule has 3 aliphatic rings. The lowest BCUT2D eigenvalue weighted by molar-refractivity contribution is -0.136. The number of hydrogen-bond acceptors (Lipinski definition) is 6. The van der Waals surface area contributed by atoms with Gasteiger partial charge in [-0.05, 0) is 30.0 Å². The van der Waals surface area contributed by atoms with Crippen LogP contribution in [0, 0.1) is 5.41 Å². The van der Waals surface area contributed by atoms with E-state index in [2.05, 4.69) is 31.0 Å². The molecule has 2 unspecified atom stereocenters. The molecule has 0 spiro atoms. The maximum Gasteiger partial charge on any atom is 0.262 e. The van der Waals surface area contributed by atoms with Gasteiger partial charge >= 0.3 is 0 Å². The first-order valence-electron chi connectivity index (χ1n) is 9.89. The molecule has 2 fully saturated rings. The number of ether oxygens (including phenoxy) is 1. The standard InChI is InChI=1S/C21H25N3O5/c1-21(2,3)16-11-23(8-9-29-16)12-4-5-13-14(10-12)20(28)24(19(13)27)15-6-7-17(25)22-18(15)26/h4-5,10,15-16H,6-9,11H2,1-3H3,(H,22,25,26). The van der Waals surface area contributed by atoms with E-state index in [4.69, 9.17) is 4.74 Å². The van der Waals surface area contributed by atoms with Crippen molar-refractivity contribution >= 4 is 29.3 Å². The number of nitrogens with zero attached hydrogens (tertiary/aromatic N) is 2. The quantitative estimate of drug-likeness (QED) is 0.754. The highest BCUT2D eigenvalue weighted by Crippen LogP contribution is 2.33. The topological polar surface area (TPSA) is 96.0 Å². The number of fused-ring (bicyclic) bond motifs is 1. The summed E-state index contributed by atoms with van der Waals surface area (Å²) in [6, 6.07) is 4.27. The van der Waals surface area contributed by atoms with Crippen LogP contribution in [-0.4, -0.2) is 60.4 Å². The smallest absolute Gasteiger partial charge is 0.262 e. The minimum atomic E-state index is -0.947. The van der Waals surface area contributed by atoms with Gasteiger partial charge in [0.05, 0.1) is 23.8 Å². The van der Waals surface area contributed by atoms with Crippen LogP contribution in [0.4, 0.5) is 5.69 Å². The number of imide groups is 2. The van der Waals surface area contributed by atoms with Crippen molar-refractivity contribution in [2.45, 2.75) is 45.8 Å². The Kier molecular flexibility index (Phi) is 4.69. The van der Waals surface area contributed by atoms with Gasteiger partial charge in [0, 0.05) is 25.2 Å². The Hall–Kier alpha value is -2.74. The lowest BCUT2D eigenvalue weighted by Gasteiger charge is -2.40. The molecule has 4 amide bonds. The number of morpholine rings is 1. The number of benzene rings is 1. The van der Waals surface area contributed by atoms with Crippen molar-refractivity contribution in [1.29, 1.82) is 0 Å². The minimum Gasteiger partial charge on any atom is -0.374 e. The molecule has 8 nitrogen and oxygen atoms in total. The predicted molar refractivity (Wildman–Crippen MR) is 105 cm³/mol. The highest BCUT2D eigenvalue weighted by molar-refractivity contribution is 6.23. The van der Waals surface area contributed by atoms with Crippen LogP contribution in [0.2, 0.25) is 0 Å². The third-order valence-electron chi connectivity index (χ3n) is 5.82. The maximum atomic E-state index is 13.0. The molecule has 0 saturated carbocycles. The Bertz CT molecular complexity index is 904. The number of amides is 4. The van der Waals surface area contributed by atoms with Gasteiger partial charge in [-0.25, -0.2) is 0 Å². The molecule has 0 aromatic heterocycles. The van der Waals surface area contributed by atoms with Crippen molar-refractivity contribution in [3.63, 3.8) is 0 Å². The van der Waals surface area contributed by atoms with Gasteiger partial charge in [-0.2, -0.15) is 0 Å². The van der Waals surface area contributed by atoms with Crippen LogP contribution >= 0.6 is 0 Å². The number of piperidine rings is 1. The third kappa shape index (κ3) is 3.42. The summed E-state index contributed by atoms with van der Waals surface area (Å²) in [5, 5.41) is 2.21. The van der Waals surface area contributed by atoms with E-state index in [9.17, 15) is 19.2 Å². The molecule has 0 radical (unpaired) electrons. The Morgan fingerprint density at radius 1 is 1.07 bits per heavy atom. The van der Waals surface area contributed by atoms with Gasteiger partial charge in [0.2, 0.25) is 11.8 Å². The molecular weight excluding hydrogens is 374 g/mol. The lowest BCUT2D eigenvalue weighted by atomic mass is 9.88. The van der Waals surface area contributed by atoms with E-state index in [-0.39, 0.29) is 30.3 Å². The van der Waals surface area contributed by atoms with E-state index in [0.29, 0.717) is 30.8 Å². The van der Waals surface area contributed by atoms with E-state index < -0.39 is 23.8 Å². The summed E-state index contributed by atoms with van der Waals surface area (Å²) in [6.45, 7) is 8.37. The van der Waals surface area contributed by atoms with Crippen molar-refractivity contribution in [1.82, 2.24) is 10.2 Å². The Balaban J connectivity index is 1.59. The zero-order chi connectivity index (χ0) is 20.9. The van der Waals surface area contributed by atoms with Crippen LogP contribution in [0.3, 0.4) is 0 Å². The van der Waals surface area contributed by atoms with E-state index in [1.54, 1.807) is 12.1 Å². The molecule has 3 heterocycles. The van der Waals surface area contributed by atoms with E-state index in [1.807, 2.05) is 6.07 Å². The fourth-order valence-electron chi connectivity index (χ4n) is 4.06. The summed E-state index contributed by atoms with van der Waals surface area (Å²) >= 11 is 0. The maximum absolute atomic E-state index is 13.0. The number of hydrogen-bond donors (Lipinski definition) is 1. The summed E-state index contributed by atoms with van der Waals surface area (Å²) in [5.74, 6) is -1.95. The molecule has 0 bridgehead atoms. The van der Waals surface area contributed by atoms with Crippen molar-refractivity contribution in [3.8, 4) is 0 Å². The summed E-state index contributed by atoms with van der Waals surface area (Å²) in [4.78, 5) is 52.5. The highest BCUT2D eigenvalue weighted by Gasteiger charge is 2.45. The number of carbonyl (C=O) groups is 4. The molecule has 3 aliphatic heterocycles. The third-order valence-corrected chi connectivity index (χ3v) is 5.82. The van der Waals surface area contributed by atoms with Gasteiger partial charge in [-0.15, -0.1) is 0 Å². The second-order valence-corrected chi connectivity index (χ2v) is 8.85. The van der Waals surface area contributed by atoms with E-state index >= 15 is 0 Å². The minimum absolute atomic E-state index is 0.0102. The fraction of sp³-hybridized carbons (Fsp3) is 0.524. The normalized spacial score (nSPS) is 25.3. The number of carbonyl (C=O) groups excluding carboxylic acids is 4. The first-order valence-corrected chi connectivity index (χ1v) is 9.89. The highest BCUT2D eigenvalue weighted by atomic mass is 16.5. The summed E-state index contributed by atoms with van der Waals surface area (Å²) < 4.78 is 5.90. The van der Waals surface area contributed by atoms with Crippen LogP contribution in [0.1, 0.15) is 54.3 Å². The molecule has 0 aliphatic carbocycles. The number of nitrogens with one attached hydrogen (secondary N) is 1. The largest absolute Gasteiger partial charge is 0.374 e. The monoisotopic (exact) mass is 399 g/mol. The fourth-order valence-corrected chi connectivity index (χ4v) is 4.06. The van der Waals surface area contributed by atoms with Crippen LogP contribution in [0.25, 0.3) is 0 Å². The zero-order valence-electron chi connectivity index (χ0n) is 16.9. The zero-order valence-corrected chi connectivity index (χ0v) is 16.9. The Morgan fingerprint density at radius 3 is 2.48 bits per heavy atom. The molecule has 29 heavy (non-hydrogen) atoms. The molecule has 2 saturated heterocycles. The van der Waals surface area contributed by atoms with Crippen molar-refractivity contribution in [2.24, 2.45) is 5.41 Å². The SMILES string of the molecule is CC(C)(C)C1CN(c2ccc3c(c2)C(=O)N(C2CCC(=O)NC2=O)C3=O)CCO1. The summed E-state index contributed by atoms with van der Waals surface area (Å²) in [7, 11) is 0.